The Bertz CT molecular complexity index is 592. The molecule has 4 fully saturated rings. The number of aliphatic hydroxyl groups excluding tert-OH is 1. The predicted molar refractivity (Wildman–Crippen MR) is 87.8 cm³/mol. The van der Waals surface area contributed by atoms with Gasteiger partial charge in [0.15, 0.2) is 0 Å². The molecule has 0 amide bonds. The molecule has 0 unspecified atom stereocenters. The summed E-state index contributed by atoms with van der Waals surface area (Å²) in [5.41, 5.74) is 1.07. The van der Waals surface area contributed by atoms with Crippen LogP contribution in [0.15, 0.2) is 11.8 Å². The molecule has 0 spiro atoms. The molecule has 0 saturated heterocycles. The number of rotatable bonds is 0. The van der Waals surface area contributed by atoms with Crippen LogP contribution in [0.2, 0.25) is 0 Å². The molecule has 0 heterocycles. The number of carbonyl (C=O) groups excluding carboxylic acids is 2. The third-order valence-corrected chi connectivity index (χ3v) is 8.25. The van der Waals surface area contributed by atoms with Gasteiger partial charge in [-0.1, -0.05) is 13.8 Å². The summed E-state index contributed by atoms with van der Waals surface area (Å²) < 4.78 is 0. The van der Waals surface area contributed by atoms with Gasteiger partial charge in [-0.25, -0.2) is 0 Å². The molecule has 23 heavy (non-hydrogen) atoms. The lowest BCUT2D eigenvalue weighted by molar-refractivity contribution is -0.139. The molecule has 4 aliphatic rings. The van der Waals surface area contributed by atoms with Crippen molar-refractivity contribution < 1.29 is 14.7 Å². The molecular formula is C20H28O3. The zero-order chi connectivity index (χ0) is 16.4. The molecule has 4 aliphatic carbocycles. The molecule has 1 N–H and O–H groups in total. The second kappa shape index (κ2) is 4.94. The second-order valence-electron chi connectivity index (χ2n) is 9.00. The molecule has 0 radical (unpaired) electrons. The van der Waals surface area contributed by atoms with Crippen LogP contribution >= 0.6 is 0 Å². The fourth-order valence-corrected chi connectivity index (χ4v) is 6.86. The van der Waals surface area contributed by atoms with Crippen molar-refractivity contribution in [1.29, 1.82) is 0 Å². The highest BCUT2D eigenvalue weighted by atomic mass is 16.2. The molecule has 4 rings (SSSR count). The SMILES string of the molecule is C[C@]12CCC(=O)C[C@@H]1C(=CO)C[C@@H]1[C@@H]2CC[C@]2(C)C(=O)CC[C@@H]12. The number of fused-ring (bicyclic) bond motifs is 5. The molecular weight excluding hydrogens is 288 g/mol. The number of ketones is 2. The second-order valence-corrected chi connectivity index (χ2v) is 9.00. The lowest BCUT2D eigenvalue weighted by Gasteiger charge is -2.59. The number of hydrogen-bond acceptors (Lipinski definition) is 3. The summed E-state index contributed by atoms with van der Waals surface area (Å²) in [6.07, 6.45) is 8.32. The fraction of sp³-hybridized carbons (Fsp3) is 0.800. The highest BCUT2D eigenvalue weighted by Gasteiger charge is 2.61. The molecule has 0 bridgehead atoms. The normalized spacial score (nSPS) is 51.3. The number of carbonyl (C=O) groups is 2. The van der Waals surface area contributed by atoms with Gasteiger partial charge in [-0.3, -0.25) is 9.59 Å². The van der Waals surface area contributed by atoms with E-state index in [0.29, 0.717) is 42.2 Å². The lowest BCUT2D eigenvalue weighted by Crippen LogP contribution is -2.54. The Morgan fingerprint density at radius 3 is 2.57 bits per heavy atom. The number of hydrogen-bond donors (Lipinski definition) is 1. The summed E-state index contributed by atoms with van der Waals surface area (Å²) in [6.45, 7) is 4.54. The molecule has 0 aromatic heterocycles. The van der Waals surface area contributed by atoms with Crippen molar-refractivity contribution in [2.45, 2.75) is 65.2 Å². The van der Waals surface area contributed by atoms with E-state index in [1.54, 1.807) is 0 Å². The highest BCUT2D eigenvalue weighted by molar-refractivity contribution is 5.87. The molecule has 126 valence electrons. The van der Waals surface area contributed by atoms with E-state index in [-0.39, 0.29) is 16.7 Å². The predicted octanol–water partition coefficient (Wildman–Crippen LogP) is 4.22. The van der Waals surface area contributed by atoms with Crippen LogP contribution in [0, 0.1) is 34.5 Å². The minimum absolute atomic E-state index is 0.123. The van der Waals surface area contributed by atoms with Gasteiger partial charge in [0.1, 0.15) is 11.6 Å². The van der Waals surface area contributed by atoms with Crippen molar-refractivity contribution in [3.05, 3.63) is 11.8 Å². The monoisotopic (exact) mass is 316 g/mol. The number of allylic oxidation sites excluding steroid dienone is 1. The molecule has 0 aromatic rings. The summed E-state index contributed by atoms with van der Waals surface area (Å²) >= 11 is 0. The molecule has 0 aliphatic heterocycles. The van der Waals surface area contributed by atoms with Crippen LogP contribution < -0.4 is 0 Å². The van der Waals surface area contributed by atoms with Crippen LogP contribution in [0.1, 0.15) is 65.2 Å². The number of Topliss-reactive ketones (excluding diaryl/α,β-unsaturated/α-hetero) is 2. The van der Waals surface area contributed by atoms with Crippen LogP contribution in [0.5, 0.6) is 0 Å². The van der Waals surface area contributed by atoms with Crippen LogP contribution in [-0.2, 0) is 9.59 Å². The van der Waals surface area contributed by atoms with E-state index < -0.39 is 0 Å². The minimum atomic E-state index is -0.130. The van der Waals surface area contributed by atoms with Crippen molar-refractivity contribution in [3.63, 3.8) is 0 Å². The maximum Gasteiger partial charge on any atom is 0.139 e. The Labute approximate surface area is 138 Å². The van der Waals surface area contributed by atoms with E-state index in [0.717, 1.165) is 44.1 Å². The number of aliphatic hydroxyl groups is 1. The van der Waals surface area contributed by atoms with Crippen molar-refractivity contribution >= 4 is 11.6 Å². The van der Waals surface area contributed by atoms with Gasteiger partial charge in [-0.05, 0) is 66.8 Å². The third kappa shape index (κ3) is 1.94. The van der Waals surface area contributed by atoms with Crippen LogP contribution in [0.3, 0.4) is 0 Å². The maximum atomic E-state index is 12.5. The first-order valence-electron chi connectivity index (χ1n) is 9.28. The summed E-state index contributed by atoms with van der Waals surface area (Å²) in [5, 5.41) is 9.84. The van der Waals surface area contributed by atoms with Gasteiger partial charge in [-0.2, -0.15) is 0 Å². The van der Waals surface area contributed by atoms with Gasteiger partial charge < -0.3 is 5.11 Å². The summed E-state index contributed by atoms with van der Waals surface area (Å²) in [5.74, 6) is 2.61. The Balaban J connectivity index is 1.73. The van der Waals surface area contributed by atoms with Gasteiger partial charge >= 0.3 is 0 Å². The summed E-state index contributed by atoms with van der Waals surface area (Å²) in [4.78, 5) is 24.5. The van der Waals surface area contributed by atoms with Gasteiger partial charge in [-0.15, -0.1) is 0 Å². The van der Waals surface area contributed by atoms with Crippen LogP contribution in [0.4, 0.5) is 0 Å². The first-order chi connectivity index (χ1) is 10.9. The average Bonchev–Trinajstić information content (AvgIpc) is 2.83. The third-order valence-electron chi connectivity index (χ3n) is 8.25. The minimum Gasteiger partial charge on any atom is -0.516 e. The van der Waals surface area contributed by atoms with Crippen LogP contribution in [-0.4, -0.2) is 16.7 Å². The summed E-state index contributed by atoms with van der Waals surface area (Å²) in [6, 6.07) is 0. The van der Waals surface area contributed by atoms with E-state index in [1.165, 1.54) is 6.26 Å². The molecule has 0 aromatic carbocycles. The quantitative estimate of drug-likeness (QED) is 0.681. The van der Waals surface area contributed by atoms with Crippen LogP contribution in [0.25, 0.3) is 0 Å². The van der Waals surface area contributed by atoms with E-state index >= 15 is 0 Å². The topological polar surface area (TPSA) is 54.4 Å². The smallest absolute Gasteiger partial charge is 0.139 e. The van der Waals surface area contributed by atoms with E-state index in [1.807, 2.05) is 0 Å². The van der Waals surface area contributed by atoms with E-state index in [4.69, 9.17) is 0 Å². The van der Waals surface area contributed by atoms with Crippen molar-refractivity contribution in [1.82, 2.24) is 0 Å². The zero-order valence-corrected chi connectivity index (χ0v) is 14.3. The Hall–Kier alpha value is -1.12. The fourth-order valence-electron chi connectivity index (χ4n) is 6.86. The van der Waals surface area contributed by atoms with Crippen molar-refractivity contribution in [2.75, 3.05) is 0 Å². The van der Waals surface area contributed by atoms with Crippen molar-refractivity contribution in [3.8, 4) is 0 Å². The molecule has 3 heteroatoms. The lowest BCUT2D eigenvalue weighted by atomic mass is 9.44. The molecule has 3 nitrogen and oxygen atoms in total. The molecule has 6 atom stereocenters. The summed E-state index contributed by atoms with van der Waals surface area (Å²) in [7, 11) is 0. The van der Waals surface area contributed by atoms with Gasteiger partial charge in [0.05, 0.1) is 6.26 Å². The van der Waals surface area contributed by atoms with Gasteiger partial charge in [0.25, 0.3) is 0 Å². The largest absolute Gasteiger partial charge is 0.516 e. The highest BCUT2D eigenvalue weighted by Crippen LogP contribution is 2.66. The first kappa shape index (κ1) is 15.4. The average molecular weight is 316 g/mol. The standard InChI is InChI=1S/C20H28O3/c1-19-7-5-13(22)10-17(19)12(11-21)9-14-15-3-4-18(23)20(15,2)8-6-16(14)19/h11,14-17,21H,3-10H2,1-2H3/t14-,15-,16-,17+,19+,20-/m0/s1. The molecule has 4 saturated carbocycles. The van der Waals surface area contributed by atoms with Gasteiger partial charge in [0, 0.05) is 24.7 Å². The zero-order valence-electron chi connectivity index (χ0n) is 14.3. The van der Waals surface area contributed by atoms with Gasteiger partial charge in [0.2, 0.25) is 0 Å². The Morgan fingerprint density at radius 2 is 1.83 bits per heavy atom. The maximum absolute atomic E-state index is 12.5. The Morgan fingerprint density at radius 1 is 1.04 bits per heavy atom. The van der Waals surface area contributed by atoms with E-state index in [9.17, 15) is 14.7 Å². The van der Waals surface area contributed by atoms with E-state index in [2.05, 4.69) is 13.8 Å². The first-order valence-corrected chi connectivity index (χ1v) is 9.28. The van der Waals surface area contributed by atoms with Crippen molar-refractivity contribution in [2.24, 2.45) is 34.5 Å². The Kier molecular flexibility index (Phi) is 3.31.